The third-order valence-electron chi connectivity index (χ3n) is 2.12. The lowest BCUT2D eigenvalue weighted by Crippen LogP contribution is -1.97. The van der Waals surface area contributed by atoms with Crippen LogP contribution >= 0.6 is 15.9 Å². The van der Waals surface area contributed by atoms with E-state index in [1.54, 1.807) is 16.9 Å². The lowest BCUT2D eigenvalue weighted by atomic mass is 10.1. The standard InChI is InChI=1S/C11H8BrN3/c1-8-4-9(5-13)2-3-11(8)15-7-10(12)6-14-15/h2-4,6-7H,1H3. The first-order valence-electron chi connectivity index (χ1n) is 4.42. The van der Waals surface area contributed by atoms with E-state index in [2.05, 4.69) is 27.1 Å². The Morgan fingerprint density at radius 3 is 2.80 bits per heavy atom. The van der Waals surface area contributed by atoms with Gasteiger partial charge in [0.25, 0.3) is 0 Å². The first-order valence-corrected chi connectivity index (χ1v) is 5.21. The number of halogens is 1. The van der Waals surface area contributed by atoms with Crippen LogP contribution < -0.4 is 0 Å². The van der Waals surface area contributed by atoms with E-state index in [9.17, 15) is 0 Å². The van der Waals surface area contributed by atoms with Gasteiger partial charge in [-0.3, -0.25) is 0 Å². The maximum atomic E-state index is 8.75. The smallest absolute Gasteiger partial charge is 0.0991 e. The monoisotopic (exact) mass is 261 g/mol. The maximum Gasteiger partial charge on any atom is 0.0991 e. The first-order chi connectivity index (χ1) is 7.20. The van der Waals surface area contributed by atoms with Crippen molar-refractivity contribution >= 4 is 15.9 Å². The molecule has 2 aromatic rings. The van der Waals surface area contributed by atoms with Crippen LogP contribution in [0.15, 0.2) is 35.1 Å². The number of aromatic nitrogens is 2. The van der Waals surface area contributed by atoms with Crippen molar-refractivity contribution in [3.05, 3.63) is 46.2 Å². The molecule has 0 saturated carbocycles. The van der Waals surface area contributed by atoms with Crippen LogP contribution in [0.5, 0.6) is 0 Å². The highest BCUT2D eigenvalue weighted by molar-refractivity contribution is 9.10. The van der Waals surface area contributed by atoms with E-state index in [0.717, 1.165) is 15.7 Å². The van der Waals surface area contributed by atoms with E-state index in [1.165, 1.54) is 0 Å². The van der Waals surface area contributed by atoms with E-state index < -0.39 is 0 Å². The summed E-state index contributed by atoms with van der Waals surface area (Å²) >= 11 is 3.35. The molecular weight excluding hydrogens is 254 g/mol. The van der Waals surface area contributed by atoms with Gasteiger partial charge in [0.05, 0.1) is 28.0 Å². The molecule has 0 spiro atoms. The summed E-state index contributed by atoms with van der Waals surface area (Å²) in [7, 11) is 0. The Morgan fingerprint density at radius 2 is 2.27 bits per heavy atom. The molecule has 15 heavy (non-hydrogen) atoms. The molecule has 1 aromatic carbocycles. The van der Waals surface area contributed by atoms with Crippen molar-refractivity contribution < 1.29 is 0 Å². The van der Waals surface area contributed by atoms with Crippen molar-refractivity contribution in [1.29, 1.82) is 5.26 Å². The van der Waals surface area contributed by atoms with Gasteiger partial charge in [-0.05, 0) is 46.6 Å². The average molecular weight is 262 g/mol. The molecule has 0 atom stereocenters. The Balaban J connectivity index is 2.51. The Morgan fingerprint density at radius 1 is 1.47 bits per heavy atom. The summed E-state index contributed by atoms with van der Waals surface area (Å²) in [5.74, 6) is 0. The van der Waals surface area contributed by atoms with Crippen molar-refractivity contribution in [1.82, 2.24) is 9.78 Å². The third-order valence-corrected chi connectivity index (χ3v) is 2.53. The van der Waals surface area contributed by atoms with Crippen LogP contribution in [0.1, 0.15) is 11.1 Å². The first kappa shape index (κ1) is 9.94. The van der Waals surface area contributed by atoms with Crippen LogP contribution in [0.3, 0.4) is 0 Å². The van der Waals surface area contributed by atoms with Crippen LogP contribution in [-0.2, 0) is 0 Å². The number of hydrogen-bond donors (Lipinski definition) is 0. The van der Waals surface area contributed by atoms with Crippen molar-refractivity contribution in [3.8, 4) is 11.8 Å². The quantitative estimate of drug-likeness (QED) is 0.792. The highest BCUT2D eigenvalue weighted by Crippen LogP contribution is 2.17. The number of rotatable bonds is 1. The van der Waals surface area contributed by atoms with E-state index in [1.807, 2.05) is 25.3 Å². The van der Waals surface area contributed by atoms with Crippen LogP contribution in [-0.4, -0.2) is 9.78 Å². The molecule has 2 rings (SSSR count). The zero-order chi connectivity index (χ0) is 10.8. The van der Waals surface area contributed by atoms with Gasteiger partial charge >= 0.3 is 0 Å². The van der Waals surface area contributed by atoms with Crippen LogP contribution in [0.4, 0.5) is 0 Å². The molecule has 74 valence electrons. The van der Waals surface area contributed by atoms with Crippen molar-refractivity contribution in [2.24, 2.45) is 0 Å². The van der Waals surface area contributed by atoms with Crippen molar-refractivity contribution in [2.45, 2.75) is 6.92 Å². The van der Waals surface area contributed by atoms with E-state index in [0.29, 0.717) is 5.56 Å². The Bertz CT molecular complexity index is 537. The maximum absolute atomic E-state index is 8.75. The second-order valence-corrected chi connectivity index (χ2v) is 4.13. The highest BCUT2D eigenvalue weighted by atomic mass is 79.9. The molecule has 0 aliphatic rings. The minimum absolute atomic E-state index is 0.669. The van der Waals surface area contributed by atoms with Crippen LogP contribution in [0, 0.1) is 18.3 Å². The second-order valence-electron chi connectivity index (χ2n) is 3.22. The summed E-state index contributed by atoms with van der Waals surface area (Å²) in [6.07, 6.45) is 3.62. The lowest BCUT2D eigenvalue weighted by molar-refractivity contribution is 0.872. The molecule has 0 amide bonds. The van der Waals surface area contributed by atoms with Gasteiger partial charge in [-0.1, -0.05) is 0 Å². The van der Waals surface area contributed by atoms with E-state index >= 15 is 0 Å². The molecule has 1 heterocycles. The van der Waals surface area contributed by atoms with Gasteiger partial charge in [-0.2, -0.15) is 10.4 Å². The zero-order valence-corrected chi connectivity index (χ0v) is 9.69. The second kappa shape index (κ2) is 3.87. The molecular formula is C11H8BrN3. The fourth-order valence-corrected chi connectivity index (χ4v) is 1.70. The molecule has 0 N–H and O–H groups in total. The lowest BCUT2D eigenvalue weighted by Gasteiger charge is -2.05. The van der Waals surface area contributed by atoms with Crippen molar-refractivity contribution in [2.75, 3.05) is 0 Å². The van der Waals surface area contributed by atoms with Crippen LogP contribution in [0.2, 0.25) is 0 Å². The molecule has 0 aliphatic carbocycles. The fourth-order valence-electron chi connectivity index (χ4n) is 1.41. The Labute approximate surface area is 96.1 Å². The molecule has 4 heteroatoms. The molecule has 3 nitrogen and oxygen atoms in total. The summed E-state index contributed by atoms with van der Waals surface area (Å²) in [6.45, 7) is 1.96. The largest absolute Gasteiger partial charge is 0.240 e. The van der Waals surface area contributed by atoms with Gasteiger partial charge in [0, 0.05) is 6.20 Å². The van der Waals surface area contributed by atoms with Crippen LogP contribution in [0.25, 0.3) is 5.69 Å². The van der Waals surface area contributed by atoms with Gasteiger partial charge in [0.1, 0.15) is 0 Å². The molecule has 0 fully saturated rings. The predicted octanol–water partition coefficient (Wildman–Crippen LogP) is 2.81. The number of hydrogen-bond acceptors (Lipinski definition) is 2. The molecule has 0 bridgehead atoms. The highest BCUT2D eigenvalue weighted by Gasteiger charge is 2.03. The minimum atomic E-state index is 0.669. The molecule has 1 aromatic heterocycles. The van der Waals surface area contributed by atoms with Gasteiger partial charge < -0.3 is 0 Å². The number of nitrogens with zero attached hydrogens (tertiary/aromatic N) is 3. The molecule has 0 saturated heterocycles. The van der Waals surface area contributed by atoms with Gasteiger partial charge in [-0.15, -0.1) is 0 Å². The molecule has 0 radical (unpaired) electrons. The summed E-state index contributed by atoms with van der Waals surface area (Å²) in [5, 5.41) is 12.9. The summed E-state index contributed by atoms with van der Waals surface area (Å²) in [5.41, 5.74) is 2.69. The molecule has 0 aliphatic heterocycles. The predicted molar refractivity (Wildman–Crippen MR) is 60.7 cm³/mol. The van der Waals surface area contributed by atoms with Crippen molar-refractivity contribution in [3.63, 3.8) is 0 Å². The minimum Gasteiger partial charge on any atom is -0.240 e. The molecule has 0 unspecified atom stereocenters. The number of aryl methyl sites for hydroxylation is 1. The number of benzene rings is 1. The van der Waals surface area contributed by atoms with Gasteiger partial charge in [0.15, 0.2) is 0 Å². The Hall–Kier alpha value is -1.60. The van der Waals surface area contributed by atoms with E-state index in [-0.39, 0.29) is 0 Å². The normalized spacial score (nSPS) is 9.93. The summed E-state index contributed by atoms with van der Waals surface area (Å²) in [4.78, 5) is 0. The summed E-state index contributed by atoms with van der Waals surface area (Å²) < 4.78 is 2.71. The Kier molecular flexibility index (Phi) is 2.57. The third kappa shape index (κ3) is 1.92. The van der Waals surface area contributed by atoms with Gasteiger partial charge in [-0.25, -0.2) is 4.68 Å². The average Bonchev–Trinajstić information content (AvgIpc) is 2.64. The fraction of sp³-hybridized carbons (Fsp3) is 0.0909. The van der Waals surface area contributed by atoms with Gasteiger partial charge in [0.2, 0.25) is 0 Å². The summed E-state index contributed by atoms with van der Waals surface area (Å²) in [6, 6.07) is 7.65. The topological polar surface area (TPSA) is 41.6 Å². The SMILES string of the molecule is Cc1cc(C#N)ccc1-n1cc(Br)cn1. The number of nitriles is 1. The van der Waals surface area contributed by atoms with E-state index in [4.69, 9.17) is 5.26 Å². The zero-order valence-electron chi connectivity index (χ0n) is 8.11.